The summed E-state index contributed by atoms with van der Waals surface area (Å²) in [6.07, 6.45) is 2.06. The Morgan fingerprint density at radius 3 is 2.46 bits per heavy atom. The second-order valence-corrected chi connectivity index (χ2v) is 9.06. The van der Waals surface area contributed by atoms with Gasteiger partial charge in [-0.15, -0.1) is 11.3 Å². The number of benzene rings is 1. The number of nitrogens with zero attached hydrogens (tertiary/aromatic N) is 2. The molecule has 5 heteroatoms. The molecule has 4 nitrogen and oxygen atoms in total. The molecule has 1 aromatic carbocycles. The van der Waals surface area contributed by atoms with Gasteiger partial charge in [-0.3, -0.25) is 0 Å². The van der Waals surface area contributed by atoms with E-state index in [2.05, 4.69) is 56.5 Å². The van der Waals surface area contributed by atoms with E-state index < -0.39 is 5.97 Å². The Labute approximate surface area is 170 Å². The largest absolute Gasteiger partial charge is 0.478 e. The van der Waals surface area contributed by atoms with Crippen molar-refractivity contribution in [3.63, 3.8) is 0 Å². The van der Waals surface area contributed by atoms with Crippen LogP contribution < -0.4 is 0 Å². The van der Waals surface area contributed by atoms with Gasteiger partial charge in [-0.05, 0) is 30.4 Å². The number of carboxylic acid groups (broad SMARTS) is 1. The number of hydrogen-bond donors (Lipinski definition) is 1. The lowest BCUT2D eigenvalue weighted by atomic mass is 9.87. The first-order valence-electron chi connectivity index (χ1n) is 9.72. The van der Waals surface area contributed by atoms with Crippen molar-refractivity contribution in [2.75, 3.05) is 0 Å². The molecule has 0 aliphatic rings. The lowest BCUT2D eigenvalue weighted by Crippen LogP contribution is -2.10. The third-order valence-corrected chi connectivity index (χ3v) is 5.99. The second-order valence-electron chi connectivity index (χ2n) is 8.20. The summed E-state index contributed by atoms with van der Waals surface area (Å²) in [5.41, 5.74) is 5.38. The predicted molar refractivity (Wildman–Crippen MR) is 116 cm³/mol. The van der Waals surface area contributed by atoms with Crippen molar-refractivity contribution in [2.24, 2.45) is 0 Å². The van der Waals surface area contributed by atoms with E-state index in [0.717, 1.165) is 47.0 Å². The van der Waals surface area contributed by atoms with Crippen LogP contribution in [0.5, 0.6) is 0 Å². The van der Waals surface area contributed by atoms with Gasteiger partial charge in [0.05, 0.1) is 17.0 Å². The van der Waals surface area contributed by atoms with Gasteiger partial charge in [-0.2, -0.15) is 0 Å². The number of hydrogen-bond acceptors (Lipinski definition) is 3. The van der Waals surface area contributed by atoms with Crippen molar-refractivity contribution in [1.29, 1.82) is 0 Å². The van der Waals surface area contributed by atoms with Crippen LogP contribution in [0.2, 0.25) is 0 Å². The summed E-state index contributed by atoms with van der Waals surface area (Å²) in [5.74, 6) is -0.887. The van der Waals surface area contributed by atoms with Crippen molar-refractivity contribution < 1.29 is 9.90 Å². The Morgan fingerprint density at radius 2 is 1.89 bits per heavy atom. The molecule has 0 bridgehead atoms. The molecular weight excluding hydrogens is 368 g/mol. The molecule has 0 saturated heterocycles. The first-order valence-corrected chi connectivity index (χ1v) is 10.6. The molecule has 2 heterocycles. The smallest absolute Gasteiger partial charge is 0.337 e. The van der Waals surface area contributed by atoms with Gasteiger partial charge >= 0.3 is 5.97 Å². The fraction of sp³-hybridized carbons (Fsp3) is 0.391. The number of carboxylic acids is 1. The molecule has 1 N–H and O–H groups in total. The zero-order valence-electron chi connectivity index (χ0n) is 17.2. The van der Waals surface area contributed by atoms with E-state index in [1.54, 1.807) is 17.4 Å². The topological polar surface area (TPSA) is 55.1 Å². The van der Waals surface area contributed by atoms with Gasteiger partial charge in [0.15, 0.2) is 0 Å². The Hall–Kier alpha value is -2.40. The van der Waals surface area contributed by atoms with E-state index in [1.807, 2.05) is 12.3 Å². The van der Waals surface area contributed by atoms with Crippen LogP contribution in [0.15, 0.2) is 35.7 Å². The molecule has 28 heavy (non-hydrogen) atoms. The van der Waals surface area contributed by atoms with Gasteiger partial charge in [-0.1, -0.05) is 58.4 Å². The van der Waals surface area contributed by atoms with E-state index in [9.17, 15) is 9.90 Å². The number of rotatable bonds is 6. The minimum absolute atomic E-state index is 0.122. The van der Waals surface area contributed by atoms with Gasteiger partial charge in [0.2, 0.25) is 0 Å². The van der Waals surface area contributed by atoms with Gasteiger partial charge < -0.3 is 9.67 Å². The third kappa shape index (κ3) is 4.04. The Balaban J connectivity index is 1.97. The van der Waals surface area contributed by atoms with E-state index in [4.69, 9.17) is 4.98 Å². The SMILES string of the molecule is CCCCn1c(-c2csc(-c3ccc(C(C)(C)C)cc3)n2)cc(C(=O)O)c1C. The first kappa shape index (κ1) is 20.3. The van der Waals surface area contributed by atoms with Gasteiger partial charge in [-0.25, -0.2) is 9.78 Å². The van der Waals surface area contributed by atoms with Gasteiger partial charge in [0.25, 0.3) is 0 Å². The molecule has 0 atom stereocenters. The summed E-state index contributed by atoms with van der Waals surface area (Å²) in [7, 11) is 0. The Kier molecular flexibility index (Phi) is 5.75. The van der Waals surface area contributed by atoms with Crippen LogP contribution in [0.3, 0.4) is 0 Å². The summed E-state index contributed by atoms with van der Waals surface area (Å²) in [4.78, 5) is 16.4. The van der Waals surface area contributed by atoms with Crippen LogP contribution in [0, 0.1) is 6.92 Å². The van der Waals surface area contributed by atoms with E-state index >= 15 is 0 Å². The standard InChI is InChI=1S/C23H28N2O2S/c1-6-7-12-25-15(2)18(22(26)27)13-20(25)19-14-28-21(24-19)16-8-10-17(11-9-16)23(3,4)5/h8-11,13-14H,6-7,12H2,1-5H3,(H,26,27). The molecule has 3 rings (SSSR count). The quantitative estimate of drug-likeness (QED) is 0.526. The molecule has 0 aliphatic carbocycles. The molecule has 0 saturated carbocycles. The summed E-state index contributed by atoms with van der Waals surface area (Å²) < 4.78 is 2.09. The van der Waals surface area contributed by atoms with Crippen LogP contribution in [0.1, 0.15) is 62.2 Å². The van der Waals surface area contributed by atoms with E-state index in [-0.39, 0.29) is 5.41 Å². The van der Waals surface area contributed by atoms with Crippen LogP contribution >= 0.6 is 11.3 Å². The molecule has 2 aromatic heterocycles. The molecule has 148 valence electrons. The zero-order chi connectivity index (χ0) is 20.5. The Morgan fingerprint density at radius 1 is 1.21 bits per heavy atom. The van der Waals surface area contributed by atoms with Gasteiger partial charge in [0.1, 0.15) is 5.01 Å². The first-order chi connectivity index (χ1) is 13.2. The van der Waals surface area contributed by atoms with Crippen molar-refractivity contribution in [3.8, 4) is 22.0 Å². The number of aromatic carboxylic acids is 1. The maximum atomic E-state index is 11.6. The molecule has 0 unspecified atom stereocenters. The molecule has 0 fully saturated rings. The van der Waals surface area contributed by atoms with Crippen LogP contribution in [0.25, 0.3) is 22.0 Å². The molecule has 0 amide bonds. The highest BCUT2D eigenvalue weighted by molar-refractivity contribution is 7.13. The second kappa shape index (κ2) is 7.92. The zero-order valence-corrected chi connectivity index (χ0v) is 18.1. The maximum absolute atomic E-state index is 11.6. The van der Waals surface area contributed by atoms with Crippen molar-refractivity contribution >= 4 is 17.3 Å². The summed E-state index contributed by atoms with van der Waals surface area (Å²) in [6.45, 7) is 11.4. The fourth-order valence-corrected chi connectivity index (χ4v) is 4.13. The summed E-state index contributed by atoms with van der Waals surface area (Å²) in [5, 5.41) is 12.5. The minimum Gasteiger partial charge on any atom is -0.478 e. The lowest BCUT2D eigenvalue weighted by molar-refractivity contribution is 0.0696. The maximum Gasteiger partial charge on any atom is 0.337 e. The number of unbranched alkanes of at least 4 members (excludes halogenated alkanes) is 1. The van der Waals surface area contributed by atoms with Crippen molar-refractivity contribution in [2.45, 2.75) is 59.4 Å². The average molecular weight is 397 g/mol. The average Bonchev–Trinajstić information content (AvgIpc) is 3.24. The lowest BCUT2D eigenvalue weighted by Gasteiger charge is -2.18. The van der Waals surface area contributed by atoms with E-state index in [0.29, 0.717) is 5.56 Å². The Bertz CT molecular complexity index is 975. The van der Waals surface area contributed by atoms with Crippen molar-refractivity contribution in [1.82, 2.24) is 9.55 Å². The highest BCUT2D eigenvalue weighted by atomic mass is 32.1. The normalized spacial score (nSPS) is 11.8. The summed E-state index contributed by atoms with van der Waals surface area (Å²) >= 11 is 1.60. The minimum atomic E-state index is -0.887. The van der Waals surface area contributed by atoms with Crippen molar-refractivity contribution in [3.05, 3.63) is 52.5 Å². The van der Waals surface area contributed by atoms with Crippen LogP contribution in [-0.4, -0.2) is 20.6 Å². The third-order valence-electron chi connectivity index (χ3n) is 5.10. The highest BCUT2D eigenvalue weighted by Crippen LogP contribution is 2.33. The van der Waals surface area contributed by atoms with Crippen LogP contribution in [0.4, 0.5) is 0 Å². The number of aromatic nitrogens is 2. The van der Waals surface area contributed by atoms with E-state index in [1.165, 1.54) is 5.56 Å². The molecule has 0 radical (unpaired) electrons. The predicted octanol–water partition coefficient (Wildman–Crippen LogP) is 6.38. The molecule has 0 aliphatic heterocycles. The summed E-state index contributed by atoms with van der Waals surface area (Å²) in [6, 6.07) is 10.3. The molecular formula is C23H28N2O2S. The highest BCUT2D eigenvalue weighted by Gasteiger charge is 2.20. The molecule has 0 spiro atoms. The monoisotopic (exact) mass is 396 g/mol. The number of thiazole rings is 1. The fourth-order valence-electron chi connectivity index (χ4n) is 3.32. The van der Waals surface area contributed by atoms with Crippen LogP contribution in [-0.2, 0) is 12.0 Å². The molecule has 3 aromatic rings. The van der Waals surface area contributed by atoms with Gasteiger partial charge in [0, 0.05) is 23.2 Å². The number of carbonyl (C=O) groups is 1.